The average molecular weight is 1030 g/mol. The lowest BCUT2D eigenvalue weighted by Gasteiger charge is -2.35. The van der Waals surface area contributed by atoms with Gasteiger partial charge in [0.15, 0.2) is 0 Å². The number of carbonyl (C=O) groups excluding carboxylic acids is 2. The molecule has 5 aromatic heterocycles. The van der Waals surface area contributed by atoms with E-state index in [0.717, 1.165) is 106 Å². The van der Waals surface area contributed by atoms with Gasteiger partial charge in [0.05, 0.1) is 10.7 Å². The van der Waals surface area contributed by atoms with Gasteiger partial charge in [0.25, 0.3) is 22.9 Å². The summed E-state index contributed by atoms with van der Waals surface area (Å²) in [6, 6.07) is 3.50. The van der Waals surface area contributed by atoms with Gasteiger partial charge in [-0.2, -0.15) is 0 Å². The molecule has 19 nitrogen and oxygen atoms in total. The van der Waals surface area contributed by atoms with Crippen LogP contribution in [0.1, 0.15) is 158 Å². The Morgan fingerprint density at radius 2 is 1.16 bits per heavy atom. The van der Waals surface area contributed by atoms with Crippen molar-refractivity contribution in [3.63, 3.8) is 0 Å². The van der Waals surface area contributed by atoms with Gasteiger partial charge in [-0.3, -0.25) is 28.3 Å². The maximum absolute atomic E-state index is 13.4. The lowest BCUT2D eigenvalue weighted by Crippen LogP contribution is -2.48. The number of hydrogen-bond donors (Lipinski definition) is 7. The van der Waals surface area contributed by atoms with E-state index in [1.807, 2.05) is 26.2 Å². The largest absolute Gasteiger partial charge is 0.454 e. The maximum Gasteiger partial charge on any atom is 0.454 e. The molecule has 22 heteroatoms. The molecule has 0 saturated heterocycles. The van der Waals surface area contributed by atoms with Crippen LogP contribution in [0.15, 0.2) is 63.8 Å². The number of halogens is 2. The second-order valence-corrected chi connectivity index (χ2v) is 20.1. The zero-order valence-electron chi connectivity index (χ0n) is 38.8. The first-order valence-corrected chi connectivity index (χ1v) is 24.8. The summed E-state index contributed by atoms with van der Waals surface area (Å²) >= 11 is 8.76. The van der Waals surface area contributed by atoms with Gasteiger partial charge >= 0.3 is 7.12 Å². The zero-order valence-corrected chi connectivity index (χ0v) is 41.1. The van der Waals surface area contributed by atoms with Gasteiger partial charge in [-0.05, 0) is 148 Å². The van der Waals surface area contributed by atoms with Crippen molar-refractivity contribution in [3.05, 3.63) is 114 Å². The number of aromatic nitrogens is 8. The van der Waals surface area contributed by atoms with Gasteiger partial charge in [0.2, 0.25) is 0 Å². The highest BCUT2D eigenvalue weighted by Crippen LogP contribution is 2.44. The van der Waals surface area contributed by atoms with Crippen LogP contribution in [-0.2, 0) is 11.3 Å². The molecule has 5 aliphatic carbocycles. The molecule has 0 unspecified atom stereocenters. The lowest BCUT2D eigenvalue weighted by atomic mass is 9.84. The van der Waals surface area contributed by atoms with Crippen molar-refractivity contribution in [1.82, 2.24) is 49.7 Å². The number of anilines is 4. The van der Waals surface area contributed by atoms with E-state index in [2.05, 4.69) is 61.8 Å². The second-order valence-electron chi connectivity index (χ2n) is 18.9. The summed E-state index contributed by atoms with van der Waals surface area (Å²) in [6.07, 6.45) is 25.9. The van der Waals surface area contributed by atoms with Crippen molar-refractivity contribution in [1.29, 1.82) is 0 Å². The number of nitrogen functional groups attached to an aromatic ring is 2. The number of aryl methyl sites for hydroxylation is 2. The Hall–Kier alpha value is -5.77. The van der Waals surface area contributed by atoms with Crippen LogP contribution < -0.4 is 38.5 Å². The number of hydrogen-bond acceptors (Lipinski definition) is 15. The highest BCUT2D eigenvalue weighted by atomic mass is 79.9. The van der Waals surface area contributed by atoms with Gasteiger partial charge in [0.1, 0.15) is 69.9 Å². The van der Waals surface area contributed by atoms with Crippen molar-refractivity contribution in [2.75, 3.05) is 16.8 Å². The molecule has 7 heterocycles. The quantitative estimate of drug-likeness (QED) is 0.0928. The third-order valence-electron chi connectivity index (χ3n) is 13.6. The van der Waals surface area contributed by atoms with Crippen LogP contribution in [0.5, 0.6) is 0 Å². The predicted molar refractivity (Wildman–Crippen MR) is 266 cm³/mol. The van der Waals surface area contributed by atoms with E-state index in [4.69, 9.17) is 33.1 Å². The maximum atomic E-state index is 13.4. The highest BCUT2D eigenvalue weighted by Gasteiger charge is 2.46. The minimum absolute atomic E-state index is 0.101. The summed E-state index contributed by atoms with van der Waals surface area (Å²) in [5, 5.41) is 26.3. The van der Waals surface area contributed by atoms with Crippen LogP contribution >= 0.6 is 27.5 Å². The monoisotopic (exact) mass is 1030 g/mol. The first-order valence-electron chi connectivity index (χ1n) is 23.7. The first kappa shape index (κ1) is 49.6. The van der Waals surface area contributed by atoms with Gasteiger partial charge < -0.3 is 37.5 Å². The van der Waals surface area contributed by atoms with Crippen molar-refractivity contribution >= 4 is 69.6 Å². The van der Waals surface area contributed by atoms with E-state index in [1.165, 1.54) is 44.4 Å². The molecule has 0 radical (unpaired) electrons. The number of nitrogens with one attached hydrogen (secondary N) is 3. The van der Waals surface area contributed by atoms with Crippen molar-refractivity contribution in [3.8, 4) is 0 Å². The van der Waals surface area contributed by atoms with E-state index in [9.17, 15) is 19.2 Å². The molecule has 69 heavy (non-hydrogen) atoms. The van der Waals surface area contributed by atoms with Crippen molar-refractivity contribution in [2.45, 2.75) is 146 Å². The summed E-state index contributed by atoms with van der Waals surface area (Å²) in [5.41, 5.74) is 14.9. The topological polar surface area (TPSA) is 284 Å². The van der Waals surface area contributed by atoms with Gasteiger partial charge in [-0.1, -0.05) is 37.3 Å². The molecule has 5 fully saturated rings. The molecule has 12 rings (SSSR count). The number of nitrogens with two attached hydrogens (primary N) is 2. The minimum Gasteiger partial charge on any atom is -0.427 e. The Bertz CT molecular complexity index is 2800. The molecular formula is C47H58BBrClN13O6. The number of carbonyl (C=O) groups is 2. The molecule has 7 aliphatic rings. The van der Waals surface area contributed by atoms with E-state index < -0.39 is 18.4 Å². The molecular weight excluding hydrogens is 969 g/mol. The smallest absolute Gasteiger partial charge is 0.427 e. The fourth-order valence-corrected chi connectivity index (χ4v) is 10.2. The SMILES string of the molecule is Cc1cc(Br)c(=O)n2c1C(=O)NC21CCCCC1.Cc1cc(Nc2ncncc2C2CC2)c(=O)n2c1C(=O)NC21CCCCC1.Nc1ncncc1C1CC1.Nc1ncncc1Cl.OB(O)C1CC1. The number of fused-ring (bicyclic) bond motifs is 4. The van der Waals surface area contributed by atoms with Crippen molar-refractivity contribution < 1.29 is 19.6 Å². The molecule has 0 atom stereocenters. The zero-order chi connectivity index (χ0) is 49.0. The summed E-state index contributed by atoms with van der Waals surface area (Å²) in [6.45, 7) is 3.76. The van der Waals surface area contributed by atoms with E-state index >= 15 is 0 Å². The van der Waals surface area contributed by atoms with Crippen LogP contribution in [0.3, 0.4) is 0 Å². The van der Waals surface area contributed by atoms with Crippen LogP contribution in [0, 0.1) is 13.8 Å². The molecule has 2 spiro atoms. The lowest BCUT2D eigenvalue weighted by molar-refractivity contribution is 0.0867. The molecule has 2 aliphatic heterocycles. The summed E-state index contributed by atoms with van der Waals surface area (Å²) in [7, 11) is -1.04. The fraction of sp³-hybridized carbons (Fsp3) is 0.489. The third-order valence-corrected chi connectivity index (χ3v) is 14.5. The average Bonchev–Trinajstić information content (AvgIpc) is 4.19. The van der Waals surface area contributed by atoms with E-state index in [1.54, 1.807) is 21.3 Å². The first-order chi connectivity index (χ1) is 33.1. The van der Waals surface area contributed by atoms with Gasteiger partial charge in [-0.25, -0.2) is 29.9 Å². The Labute approximate surface area is 413 Å². The predicted octanol–water partition coefficient (Wildman–Crippen LogP) is 6.48. The van der Waals surface area contributed by atoms with Gasteiger partial charge in [-0.15, -0.1) is 0 Å². The molecule has 2 amide bonds. The fourth-order valence-electron chi connectivity index (χ4n) is 9.58. The highest BCUT2D eigenvalue weighted by molar-refractivity contribution is 9.10. The summed E-state index contributed by atoms with van der Waals surface area (Å²) in [4.78, 5) is 74.1. The second kappa shape index (κ2) is 21.1. The Morgan fingerprint density at radius 3 is 1.62 bits per heavy atom. The molecule has 364 valence electrons. The molecule has 0 aromatic carbocycles. The Morgan fingerprint density at radius 1 is 0.681 bits per heavy atom. The normalized spacial score (nSPS) is 18.8. The number of nitrogens with zero attached hydrogens (tertiary/aromatic N) is 8. The van der Waals surface area contributed by atoms with Crippen molar-refractivity contribution in [2.24, 2.45) is 0 Å². The molecule has 9 N–H and O–H groups in total. The molecule has 5 saturated carbocycles. The summed E-state index contributed by atoms with van der Waals surface area (Å²) in [5.74, 6) is 2.75. The summed E-state index contributed by atoms with van der Waals surface area (Å²) < 4.78 is 3.93. The number of pyridine rings is 2. The Balaban J connectivity index is 0.000000130. The number of rotatable bonds is 5. The Kier molecular flexibility index (Phi) is 15.2. The number of amides is 2. The van der Waals surface area contributed by atoms with Crippen LogP contribution in [0.2, 0.25) is 10.8 Å². The minimum atomic E-state index is -1.04. The van der Waals surface area contributed by atoms with Gasteiger partial charge in [0, 0.05) is 23.5 Å². The van der Waals surface area contributed by atoms with E-state index in [-0.39, 0.29) is 28.8 Å². The van der Waals surface area contributed by atoms with Crippen LogP contribution in [0.4, 0.5) is 23.1 Å². The van der Waals surface area contributed by atoms with E-state index in [0.29, 0.717) is 55.9 Å². The molecule has 5 aromatic rings. The third kappa shape index (κ3) is 11.2. The van der Waals surface area contributed by atoms with Crippen LogP contribution in [0.25, 0.3) is 0 Å². The van der Waals surface area contributed by atoms with Crippen LogP contribution in [-0.4, -0.2) is 68.0 Å². The standard InChI is InChI=1S/C20H23N5O2.C13H15BrN2O2.C7H9N3.C4H4ClN3.C3H7BO2/c1-12-9-15(23-17-14(13-5-6-13)10-21-11-22-17)19(27)25-16(12)18(26)24-20(25)7-3-2-4-8-20;1-8-7-9(14)12(18)16-10(8)11(17)15-13(16)5-3-2-4-6-13;8-7-6(5-1-2-5)3-9-4-10-7;5-3-1-7-2-8-4(3)6;5-4(6)3-1-2-3/h9-11,13H,2-8H2,1H3,(H,24,26)(H,21,22,23);7H,2-6H2,1H3,(H,15,17);3-5H,1-2H2,(H2,8,9,10);1-2H,(H2,6,7,8);3,5-6H,1-2H2. The molecule has 0 bridgehead atoms.